The van der Waals surface area contributed by atoms with Crippen LogP contribution in [0.1, 0.15) is 18.2 Å². The molecule has 2 N–H and O–H groups in total. The molecule has 0 saturated carbocycles. The molecule has 7 nitrogen and oxygen atoms in total. The Bertz CT molecular complexity index is 747. The van der Waals surface area contributed by atoms with Gasteiger partial charge in [0.15, 0.2) is 11.5 Å². The number of furan rings is 1. The normalized spacial score (nSPS) is 11.0. The zero-order valence-corrected chi connectivity index (χ0v) is 12.3. The molecule has 0 unspecified atom stereocenters. The first-order chi connectivity index (χ1) is 10.2. The lowest BCUT2D eigenvalue weighted by Gasteiger charge is -2.19. The number of imidazole rings is 1. The Morgan fingerprint density at radius 1 is 1.38 bits per heavy atom. The molecule has 3 aromatic heterocycles. The molecular weight excluding hydrogens is 268 g/mol. The number of hydrogen-bond acceptors (Lipinski definition) is 6. The van der Waals surface area contributed by atoms with Gasteiger partial charge in [-0.05, 0) is 19.9 Å². The van der Waals surface area contributed by atoms with Crippen molar-refractivity contribution in [2.24, 2.45) is 0 Å². The molecule has 0 saturated heterocycles. The number of fused-ring (bicyclic) bond motifs is 1. The van der Waals surface area contributed by atoms with Crippen molar-refractivity contribution < 1.29 is 4.42 Å². The Balaban J connectivity index is 1.97. The van der Waals surface area contributed by atoms with Gasteiger partial charge in [-0.2, -0.15) is 9.97 Å². The molecule has 0 spiro atoms. The van der Waals surface area contributed by atoms with E-state index < -0.39 is 0 Å². The predicted molar refractivity (Wildman–Crippen MR) is 81.4 cm³/mol. The average Bonchev–Trinajstić information content (AvgIpc) is 3.08. The van der Waals surface area contributed by atoms with Gasteiger partial charge in [0.05, 0.1) is 12.6 Å². The number of hydrogen-bond donors (Lipinski definition) is 2. The Morgan fingerprint density at radius 2 is 2.24 bits per heavy atom. The fraction of sp³-hybridized carbons (Fsp3) is 0.357. The molecule has 0 atom stereocenters. The topological polar surface area (TPSA) is 82.9 Å². The number of anilines is 2. The average molecular weight is 286 g/mol. The highest BCUT2D eigenvalue weighted by Gasteiger charge is 2.15. The van der Waals surface area contributed by atoms with Gasteiger partial charge in [-0.25, -0.2) is 4.98 Å². The molecule has 0 aromatic carbocycles. The van der Waals surface area contributed by atoms with Crippen LogP contribution in [0.15, 0.2) is 23.1 Å². The van der Waals surface area contributed by atoms with Crippen LogP contribution in [0, 0.1) is 6.92 Å². The van der Waals surface area contributed by atoms with E-state index in [2.05, 4.69) is 30.2 Å². The van der Waals surface area contributed by atoms with Gasteiger partial charge in [0.25, 0.3) is 0 Å². The number of rotatable bonds is 5. The second kappa shape index (κ2) is 5.43. The number of nitrogens with one attached hydrogen (secondary N) is 2. The number of aromatic amines is 1. The van der Waals surface area contributed by atoms with E-state index in [1.165, 1.54) is 0 Å². The van der Waals surface area contributed by atoms with Crippen molar-refractivity contribution in [1.29, 1.82) is 0 Å². The van der Waals surface area contributed by atoms with Gasteiger partial charge in [0.2, 0.25) is 5.95 Å². The minimum atomic E-state index is 0.586. The lowest BCUT2D eigenvalue weighted by atomic mass is 10.2. The maximum absolute atomic E-state index is 5.34. The first-order valence-electron chi connectivity index (χ1n) is 6.88. The van der Waals surface area contributed by atoms with Gasteiger partial charge >= 0.3 is 0 Å². The predicted octanol–water partition coefficient (Wildman–Crippen LogP) is 2.32. The molecule has 0 aliphatic heterocycles. The summed E-state index contributed by atoms with van der Waals surface area (Å²) in [5.41, 5.74) is 2.63. The SMILES string of the molecule is CCNc1nc(N(C)Cc2ccoc2C)c2[nH]cnc2n1. The van der Waals surface area contributed by atoms with Crippen LogP contribution in [0.2, 0.25) is 0 Å². The third-order valence-corrected chi connectivity index (χ3v) is 3.34. The van der Waals surface area contributed by atoms with Gasteiger partial charge in [0, 0.05) is 25.7 Å². The molecule has 0 fully saturated rings. The smallest absolute Gasteiger partial charge is 0.226 e. The van der Waals surface area contributed by atoms with Crippen molar-refractivity contribution >= 4 is 22.9 Å². The molecule has 0 amide bonds. The van der Waals surface area contributed by atoms with Gasteiger partial charge in [-0.15, -0.1) is 0 Å². The maximum atomic E-state index is 5.34. The summed E-state index contributed by atoms with van der Waals surface area (Å²) in [6, 6.07) is 1.97. The van der Waals surface area contributed by atoms with Crippen LogP contribution in [0.4, 0.5) is 11.8 Å². The second-order valence-electron chi connectivity index (χ2n) is 4.86. The summed E-state index contributed by atoms with van der Waals surface area (Å²) < 4.78 is 5.34. The maximum Gasteiger partial charge on any atom is 0.226 e. The Hall–Kier alpha value is -2.57. The lowest BCUT2D eigenvalue weighted by molar-refractivity contribution is 0.529. The quantitative estimate of drug-likeness (QED) is 0.749. The molecule has 21 heavy (non-hydrogen) atoms. The summed E-state index contributed by atoms with van der Waals surface area (Å²) in [6.07, 6.45) is 3.34. The minimum absolute atomic E-state index is 0.586. The highest BCUT2D eigenvalue weighted by molar-refractivity contribution is 5.84. The molecule has 110 valence electrons. The van der Waals surface area contributed by atoms with Crippen LogP contribution in [-0.2, 0) is 6.54 Å². The van der Waals surface area contributed by atoms with Gasteiger partial charge < -0.3 is 19.6 Å². The summed E-state index contributed by atoms with van der Waals surface area (Å²) in [4.78, 5) is 18.3. The van der Waals surface area contributed by atoms with Crippen molar-refractivity contribution in [3.63, 3.8) is 0 Å². The largest absolute Gasteiger partial charge is 0.469 e. The number of aryl methyl sites for hydroxylation is 1. The highest BCUT2D eigenvalue weighted by atomic mass is 16.3. The molecule has 7 heteroatoms. The molecule has 0 aliphatic rings. The van der Waals surface area contributed by atoms with E-state index in [4.69, 9.17) is 4.42 Å². The van der Waals surface area contributed by atoms with E-state index in [1.807, 2.05) is 27.0 Å². The van der Waals surface area contributed by atoms with Crippen LogP contribution in [0.5, 0.6) is 0 Å². The molecule has 0 aliphatic carbocycles. The fourth-order valence-corrected chi connectivity index (χ4v) is 2.24. The second-order valence-corrected chi connectivity index (χ2v) is 4.86. The molecule has 0 radical (unpaired) electrons. The summed E-state index contributed by atoms with van der Waals surface area (Å²) in [7, 11) is 1.99. The summed E-state index contributed by atoms with van der Waals surface area (Å²) >= 11 is 0. The zero-order chi connectivity index (χ0) is 14.8. The Labute approximate surface area is 122 Å². The van der Waals surface area contributed by atoms with E-state index in [-0.39, 0.29) is 0 Å². The van der Waals surface area contributed by atoms with Crippen LogP contribution in [0.25, 0.3) is 11.2 Å². The third-order valence-electron chi connectivity index (χ3n) is 3.34. The van der Waals surface area contributed by atoms with Crippen LogP contribution < -0.4 is 10.2 Å². The molecule has 3 heterocycles. The van der Waals surface area contributed by atoms with E-state index in [1.54, 1.807) is 12.6 Å². The van der Waals surface area contributed by atoms with E-state index in [0.717, 1.165) is 29.2 Å². The van der Waals surface area contributed by atoms with Crippen molar-refractivity contribution in [1.82, 2.24) is 19.9 Å². The molecule has 3 rings (SSSR count). The van der Waals surface area contributed by atoms with Crippen LogP contribution in [-0.4, -0.2) is 33.5 Å². The number of H-pyrrole nitrogens is 1. The standard InChI is InChI=1S/C14H18N6O/c1-4-15-14-18-12-11(16-8-17-12)13(19-14)20(3)7-10-5-6-21-9(10)2/h5-6,8H,4,7H2,1-3H3,(H2,15,16,17,18,19). The Morgan fingerprint density at radius 3 is 2.95 bits per heavy atom. The van der Waals surface area contributed by atoms with Crippen molar-refractivity contribution in [2.75, 3.05) is 23.8 Å². The number of nitrogens with zero attached hydrogens (tertiary/aromatic N) is 4. The first kappa shape index (κ1) is 13.4. The minimum Gasteiger partial charge on any atom is -0.469 e. The van der Waals surface area contributed by atoms with Crippen LogP contribution in [0.3, 0.4) is 0 Å². The summed E-state index contributed by atoms with van der Waals surface area (Å²) in [6.45, 7) is 5.44. The van der Waals surface area contributed by atoms with Gasteiger partial charge in [0.1, 0.15) is 11.3 Å². The number of aromatic nitrogens is 4. The fourth-order valence-electron chi connectivity index (χ4n) is 2.24. The lowest BCUT2D eigenvalue weighted by Crippen LogP contribution is -2.19. The summed E-state index contributed by atoms with van der Waals surface area (Å²) in [5, 5.41) is 3.13. The van der Waals surface area contributed by atoms with Gasteiger partial charge in [-0.3, -0.25) is 0 Å². The molecule has 3 aromatic rings. The van der Waals surface area contributed by atoms with E-state index >= 15 is 0 Å². The highest BCUT2D eigenvalue weighted by Crippen LogP contribution is 2.24. The molecule has 0 bridgehead atoms. The summed E-state index contributed by atoms with van der Waals surface area (Å²) in [5.74, 6) is 2.32. The monoisotopic (exact) mass is 286 g/mol. The first-order valence-corrected chi connectivity index (χ1v) is 6.88. The van der Waals surface area contributed by atoms with Crippen molar-refractivity contribution in [3.05, 3.63) is 30.0 Å². The third kappa shape index (κ3) is 2.54. The molecular formula is C14H18N6O. The van der Waals surface area contributed by atoms with E-state index in [0.29, 0.717) is 18.1 Å². The van der Waals surface area contributed by atoms with Crippen molar-refractivity contribution in [3.8, 4) is 0 Å². The van der Waals surface area contributed by atoms with E-state index in [9.17, 15) is 0 Å². The van der Waals surface area contributed by atoms with Crippen LogP contribution >= 0.6 is 0 Å². The Kier molecular flexibility index (Phi) is 3.47. The van der Waals surface area contributed by atoms with Crippen molar-refractivity contribution in [2.45, 2.75) is 20.4 Å². The van der Waals surface area contributed by atoms with Gasteiger partial charge in [-0.1, -0.05) is 0 Å². The zero-order valence-electron chi connectivity index (χ0n) is 12.3.